The van der Waals surface area contributed by atoms with Crippen molar-refractivity contribution in [3.63, 3.8) is 0 Å². The van der Waals surface area contributed by atoms with Crippen LogP contribution in [0.4, 0.5) is 0 Å². The summed E-state index contributed by atoms with van der Waals surface area (Å²) in [6.45, 7) is 0.890. The van der Waals surface area contributed by atoms with Crippen molar-refractivity contribution in [1.82, 2.24) is 4.90 Å². The minimum atomic E-state index is 0.00662. The molecule has 1 amide bonds. The highest BCUT2D eigenvalue weighted by atomic mass is 16.3. The summed E-state index contributed by atoms with van der Waals surface area (Å²) in [5.74, 6) is 0.191. The van der Waals surface area contributed by atoms with Gasteiger partial charge in [-0.3, -0.25) is 4.79 Å². The van der Waals surface area contributed by atoms with Gasteiger partial charge in [-0.1, -0.05) is 6.42 Å². The predicted octanol–water partition coefficient (Wildman–Crippen LogP) is 0.487. The van der Waals surface area contributed by atoms with Gasteiger partial charge in [0, 0.05) is 12.6 Å². The van der Waals surface area contributed by atoms with E-state index in [9.17, 15) is 9.90 Å². The van der Waals surface area contributed by atoms with Crippen LogP contribution in [-0.4, -0.2) is 41.1 Å². The third-order valence-corrected chi connectivity index (χ3v) is 4.01. The zero-order valence-corrected chi connectivity index (χ0v) is 9.77. The first-order valence-electron chi connectivity index (χ1n) is 6.41. The first-order valence-corrected chi connectivity index (χ1v) is 6.41. The Labute approximate surface area is 96.8 Å². The number of aliphatic hydroxyl groups excluding tert-OH is 1. The molecule has 0 spiro atoms. The Hall–Kier alpha value is -0.610. The third-order valence-electron chi connectivity index (χ3n) is 4.01. The Kier molecular flexibility index (Phi) is 3.82. The fraction of sp³-hybridized carbons (Fsp3) is 0.917. The van der Waals surface area contributed by atoms with Crippen molar-refractivity contribution in [2.45, 2.75) is 50.6 Å². The van der Waals surface area contributed by atoms with Crippen LogP contribution in [0.5, 0.6) is 0 Å². The normalized spacial score (nSPS) is 35.4. The molecule has 1 saturated heterocycles. The van der Waals surface area contributed by atoms with Crippen LogP contribution >= 0.6 is 0 Å². The molecule has 4 nitrogen and oxygen atoms in total. The molecule has 1 heterocycles. The summed E-state index contributed by atoms with van der Waals surface area (Å²) >= 11 is 0. The molecule has 1 aliphatic heterocycles. The molecule has 0 aromatic carbocycles. The number of rotatable bonds is 2. The van der Waals surface area contributed by atoms with Crippen molar-refractivity contribution in [3.8, 4) is 0 Å². The van der Waals surface area contributed by atoms with Crippen molar-refractivity contribution in [3.05, 3.63) is 0 Å². The van der Waals surface area contributed by atoms with Gasteiger partial charge in [-0.25, -0.2) is 0 Å². The summed E-state index contributed by atoms with van der Waals surface area (Å²) in [6.07, 6.45) is 6.07. The molecule has 2 aliphatic rings. The van der Waals surface area contributed by atoms with E-state index < -0.39 is 0 Å². The van der Waals surface area contributed by atoms with E-state index in [1.165, 1.54) is 0 Å². The Morgan fingerprint density at radius 3 is 2.69 bits per heavy atom. The standard InChI is InChI=1S/C12H22N2O2/c13-11-6-3-5-10(11)12(16)14-7-2-1-4-9(14)8-15/h9-11,15H,1-8,13H2. The van der Waals surface area contributed by atoms with E-state index in [1.807, 2.05) is 4.90 Å². The summed E-state index contributed by atoms with van der Waals surface area (Å²) in [7, 11) is 0. The molecule has 0 radical (unpaired) electrons. The number of aliphatic hydroxyl groups is 1. The molecule has 16 heavy (non-hydrogen) atoms. The lowest BCUT2D eigenvalue weighted by Gasteiger charge is -2.37. The average Bonchev–Trinajstić information content (AvgIpc) is 2.74. The van der Waals surface area contributed by atoms with Crippen LogP contribution in [0.25, 0.3) is 0 Å². The number of carbonyl (C=O) groups is 1. The number of nitrogens with two attached hydrogens (primary N) is 1. The number of carbonyl (C=O) groups excluding carboxylic acids is 1. The molecule has 0 bridgehead atoms. The van der Waals surface area contributed by atoms with E-state index >= 15 is 0 Å². The molecular formula is C12H22N2O2. The first kappa shape index (κ1) is 11.9. The van der Waals surface area contributed by atoms with Gasteiger partial charge in [-0.05, 0) is 32.1 Å². The Bertz CT molecular complexity index is 257. The summed E-state index contributed by atoms with van der Waals surface area (Å²) in [5.41, 5.74) is 5.96. The lowest BCUT2D eigenvalue weighted by atomic mass is 9.97. The van der Waals surface area contributed by atoms with E-state index in [4.69, 9.17) is 5.73 Å². The summed E-state index contributed by atoms with van der Waals surface area (Å²) in [4.78, 5) is 14.2. The van der Waals surface area contributed by atoms with Gasteiger partial charge in [-0.15, -0.1) is 0 Å². The fourth-order valence-electron chi connectivity index (χ4n) is 2.99. The van der Waals surface area contributed by atoms with E-state index in [-0.39, 0.29) is 30.5 Å². The quantitative estimate of drug-likeness (QED) is 0.720. The van der Waals surface area contributed by atoms with Gasteiger partial charge < -0.3 is 15.7 Å². The molecule has 92 valence electrons. The number of likely N-dealkylation sites (tertiary alicyclic amines) is 1. The van der Waals surface area contributed by atoms with Gasteiger partial charge in [0.25, 0.3) is 0 Å². The van der Waals surface area contributed by atoms with Crippen LogP contribution < -0.4 is 5.73 Å². The van der Waals surface area contributed by atoms with Gasteiger partial charge in [0.15, 0.2) is 0 Å². The molecule has 3 N–H and O–H groups in total. The van der Waals surface area contributed by atoms with Crippen LogP contribution in [0.1, 0.15) is 38.5 Å². The zero-order chi connectivity index (χ0) is 11.5. The van der Waals surface area contributed by atoms with Crippen LogP contribution in [0.3, 0.4) is 0 Å². The molecular weight excluding hydrogens is 204 g/mol. The summed E-state index contributed by atoms with van der Waals surface area (Å²) in [6, 6.07) is 0.0721. The molecule has 4 heteroatoms. The SMILES string of the molecule is NC1CCCC1C(=O)N1CCCCC1CO. The molecule has 0 aromatic rings. The van der Waals surface area contributed by atoms with Gasteiger partial charge in [0.1, 0.15) is 0 Å². The summed E-state index contributed by atoms with van der Waals surface area (Å²) < 4.78 is 0. The van der Waals surface area contributed by atoms with Crippen molar-refractivity contribution in [2.24, 2.45) is 11.7 Å². The molecule has 1 saturated carbocycles. The maximum atomic E-state index is 12.3. The topological polar surface area (TPSA) is 66.6 Å². The van der Waals surface area contributed by atoms with Gasteiger partial charge in [-0.2, -0.15) is 0 Å². The van der Waals surface area contributed by atoms with Crippen molar-refractivity contribution >= 4 is 5.91 Å². The fourth-order valence-corrected chi connectivity index (χ4v) is 2.99. The maximum absolute atomic E-state index is 12.3. The highest BCUT2D eigenvalue weighted by Gasteiger charge is 2.36. The predicted molar refractivity (Wildman–Crippen MR) is 61.8 cm³/mol. The lowest BCUT2D eigenvalue weighted by molar-refractivity contribution is -0.140. The van der Waals surface area contributed by atoms with Gasteiger partial charge in [0.2, 0.25) is 5.91 Å². The molecule has 1 aliphatic carbocycles. The highest BCUT2D eigenvalue weighted by molar-refractivity contribution is 5.80. The molecule has 3 unspecified atom stereocenters. The van der Waals surface area contributed by atoms with Crippen molar-refractivity contribution < 1.29 is 9.90 Å². The van der Waals surface area contributed by atoms with E-state index in [0.717, 1.165) is 45.1 Å². The number of hydrogen-bond acceptors (Lipinski definition) is 3. The summed E-state index contributed by atoms with van der Waals surface area (Å²) in [5, 5.41) is 9.29. The average molecular weight is 226 g/mol. The second-order valence-electron chi connectivity index (χ2n) is 5.07. The largest absolute Gasteiger partial charge is 0.394 e. The minimum absolute atomic E-state index is 0.00662. The third kappa shape index (κ3) is 2.23. The number of hydrogen-bond donors (Lipinski definition) is 2. The second kappa shape index (κ2) is 5.15. The molecule has 0 aromatic heterocycles. The van der Waals surface area contributed by atoms with Crippen LogP contribution in [-0.2, 0) is 4.79 Å². The Morgan fingerprint density at radius 1 is 1.25 bits per heavy atom. The smallest absolute Gasteiger partial charge is 0.227 e. The van der Waals surface area contributed by atoms with Gasteiger partial charge in [0.05, 0.1) is 18.6 Å². The number of nitrogens with zero attached hydrogens (tertiary/aromatic N) is 1. The number of piperidine rings is 1. The number of amides is 1. The van der Waals surface area contributed by atoms with E-state index in [2.05, 4.69) is 0 Å². The maximum Gasteiger partial charge on any atom is 0.227 e. The second-order valence-corrected chi connectivity index (χ2v) is 5.07. The highest BCUT2D eigenvalue weighted by Crippen LogP contribution is 2.28. The molecule has 3 atom stereocenters. The molecule has 2 rings (SSSR count). The van der Waals surface area contributed by atoms with Crippen LogP contribution in [0.15, 0.2) is 0 Å². The monoisotopic (exact) mass is 226 g/mol. The zero-order valence-electron chi connectivity index (χ0n) is 9.77. The Morgan fingerprint density at radius 2 is 2.06 bits per heavy atom. The lowest BCUT2D eigenvalue weighted by Crippen LogP contribution is -2.50. The van der Waals surface area contributed by atoms with Crippen LogP contribution in [0.2, 0.25) is 0 Å². The Balaban J connectivity index is 2.01. The van der Waals surface area contributed by atoms with Crippen molar-refractivity contribution in [1.29, 1.82) is 0 Å². The van der Waals surface area contributed by atoms with Crippen molar-refractivity contribution in [2.75, 3.05) is 13.2 Å². The van der Waals surface area contributed by atoms with Gasteiger partial charge >= 0.3 is 0 Å². The van der Waals surface area contributed by atoms with E-state index in [0.29, 0.717) is 0 Å². The molecule has 2 fully saturated rings. The van der Waals surface area contributed by atoms with Crippen LogP contribution in [0, 0.1) is 5.92 Å². The van der Waals surface area contributed by atoms with E-state index in [1.54, 1.807) is 0 Å². The minimum Gasteiger partial charge on any atom is -0.394 e. The first-order chi connectivity index (χ1) is 7.74.